The maximum absolute atomic E-state index is 9.92. The highest BCUT2D eigenvalue weighted by Gasteiger charge is 2.12. The average Bonchev–Trinajstić information content (AvgIpc) is 2.44. The van der Waals surface area contributed by atoms with Crippen molar-refractivity contribution in [2.24, 2.45) is 0 Å². The first kappa shape index (κ1) is 11.0. The molecular weight excluding hydrogens is 248 g/mol. The van der Waals surface area contributed by atoms with Crippen molar-refractivity contribution in [1.29, 1.82) is 0 Å². The van der Waals surface area contributed by atoms with Crippen LogP contribution in [0, 0.1) is 0 Å². The van der Waals surface area contributed by atoms with Gasteiger partial charge in [-0.25, -0.2) is 0 Å². The summed E-state index contributed by atoms with van der Waals surface area (Å²) in [6, 6.07) is 9.27. The van der Waals surface area contributed by atoms with Crippen LogP contribution in [-0.4, -0.2) is 15.1 Å². The molecule has 0 amide bonds. The first-order chi connectivity index (χ1) is 8.77. The summed E-state index contributed by atoms with van der Waals surface area (Å²) in [6.45, 7) is 0. The molecule has 3 rings (SSSR count). The van der Waals surface area contributed by atoms with E-state index < -0.39 is 0 Å². The lowest BCUT2D eigenvalue weighted by atomic mass is 10.0. The second-order valence-electron chi connectivity index (χ2n) is 3.90. The van der Waals surface area contributed by atoms with Crippen molar-refractivity contribution in [1.82, 2.24) is 9.97 Å². The highest BCUT2D eigenvalue weighted by atomic mass is 35.5. The Bertz CT molecular complexity index is 714. The molecule has 3 nitrogen and oxygen atoms in total. The smallest absolute Gasteiger partial charge is 0.160 e. The molecule has 0 unspecified atom stereocenters. The molecule has 0 aliphatic heterocycles. The molecule has 0 spiro atoms. The van der Waals surface area contributed by atoms with Crippen LogP contribution in [0.1, 0.15) is 0 Å². The van der Waals surface area contributed by atoms with Crippen LogP contribution in [-0.2, 0) is 0 Å². The van der Waals surface area contributed by atoms with Gasteiger partial charge in [-0.15, -0.1) is 0 Å². The third-order valence-electron chi connectivity index (χ3n) is 2.79. The van der Waals surface area contributed by atoms with Gasteiger partial charge >= 0.3 is 0 Å². The van der Waals surface area contributed by atoms with Gasteiger partial charge in [-0.3, -0.25) is 9.97 Å². The van der Waals surface area contributed by atoms with Gasteiger partial charge in [-0.1, -0.05) is 23.7 Å². The number of phenols is 1. The summed E-state index contributed by atoms with van der Waals surface area (Å²) < 4.78 is 0. The fourth-order valence-corrected chi connectivity index (χ4v) is 2.16. The third kappa shape index (κ3) is 1.69. The molecule has 0 atom stereocenters. The van der Waals surface area contributed by atoms with Crippen molar-refractivity contribution in [3.8, 4) is 16.9 Å². The summed E-state index contributed by atoms with van der Waals surface area (Å²) in [4.78, 5) is 8.27. The largest absolute Gasteiger partial charge is 0.504 e. The Morgan fingerprint density at radius 3 is 2.72 bits per heavy atom. The molecule has 0 bridgehead atoms. The molecule has 0 fully saturated rings. The van der Waals surface area contributed by atoms with Crippen molar-refractivity contribution >= 4 is 22.5 Å². The molecule has 2 aromatic heterocycles. The van der Waals surface area contributed by atoms with Gasteiger partial charge < -0.3 is 5.11 Å². The number of halogens is 1. The monoisotopic (exact) mass is 256 g/mol. The van der Waals surface area contributed by atoms with Crippen LogP contribution in [0.25, 0.3) is 22.0 Å². The van der Waals surface area contributed by atoms with Crippen LogP contribution in [0.2, 0.25) is 5.02 Å². The molecule has 4 heteroatoms. The van der Waals surface area contributed by atoms with Gasteiger partial charge in [0.15, 0.2) is 5.75 Å². The minimum atomic E-state index is 0.0138. The molecule has 0 saturated carbocycles. The first-order valence-corrected chi connectivity index (χ1v) is 5.82. The van der Waals surface area contributed by atoms with Crippen LogP contribution in [0.3, 0.4) is 0 Å². The predicted octanol–water partition coefficient (Wildman–Crippen LogP) is 3.66. The zero-order valence-electron chi connectivity index (χ0n) is 9.34. The number of pyridine rings is 2. The van der Waals surface area contributed by atoms with Gasteiger partial charge in [0.05, 0.1) is 5.02 Å². The molecule has 0 radical (unpaired) electrons. The van der Waals surface area contributed by atoms with E-state index in [9.17, 15) is 5.11 Å². The summed E-state index contributed by atoms with van der Waals surface area (Å²) in [6.07, 6.45) is 5.10. The van der Waals surface area contributed by atoms with E-state index in [-0.39, 0.29) is 5.75 Å². The number of rotatable bonds is 1. The molecule has 0 saturated heterocycles. The van der Waals surface area contributed by atoms with Gasteiger partial charge in [0, 0.05) is 29.5 Å². The predicted molar refractivity (Wildman–Crippen MR) is 71.6 cm³/mol. The molecule has 0 aliphatic carbocycles. The minimum Gasteiger partial charge on any atom is -0.504 e. The van der Waals surface area contributed by atoms with E-state index in [1.54, 1.807) is 24.7 Å². The number of aromatic nitrogens is 2. The Kier molecular flexibility index (Phi) is 2.61. The second kappa shape index (κ2) is 4.27. The standard InChI is InChI=1S/C14H9ClN2O/c15-12-7-11(9-3-1-5-16-8-9)10-4-2-6-17-13(10)14(12)18/h1-8,18H. The van der Waals surface area contributed by atoms with E-state index in [0.29, 0.717) is 10.5 Å². The number of hydrogen-bond acceptors (Lipinski definition) is 3. The minimum absolute atomic E-state index is 0.0138. The van der Waals surface area contributed by atoms with Crippen LogP contribution in [0.4, 0.5) is 0 Å². The van der Waals surface area contributed by atoms with Gasteiger partial charge in [-0.2, -0.15) is 0 Å². The average molecular weight is 257 g/mol. The fraction of sp³-hybridized carbons (Fsp3) is 0. The van der Waals surface area contributed by atoms with E-state index >= 15 is 0 Å². The summed E-state index contributed by atoms with van der Waals surface area (Å²) >= 11 is 6.03. The maximum Gasteiger partial charge on any atom is 0.160 e. The number of hydrogen-bond donors (Lipinski definition) is 1. The van der Waals surface area contributed by atoms with Crippen LogP contribution in [0.15, 0.2) is 48.9 Å². The van der Waals surface area contributed by atoms with Gasteiger partial charge in [-0.05, 0) is 23.8 Å². The molecule has 3 aromatic rings. The number of nitrogens with zero attached hydrogens (tertiary/aromatic N) is 2. The lowest BCUT2D eigenvalue weighted by molar-refractivity contribution is 0.480. The van der Waals surface area contributed by atoms with Crippen molar-refractivity contribution < 1.29 is 5.11 Å². The van der Waals surface area contributed by atoms with E-state index in [2.05, 4.69) is 9.97 Å². The van der Waals surface area contributed by atoms with E-state index in [1.807, 2.05) is 24.3 Å². The van der Waals surface area contributed by atoms with Gasteiger partial charge in [0.2, 0.25) is 0 Å². The van der Waals surface area contributed by atoms with Gasteiger partial charge in [0.1, 0.15) is 5.52 Å². The normalized spacial score (nSPS) is 10.7. The Labute approximate surface area is 109 Å². The molecule has 1 aromatic carbocycles. The fourth-order valence-electron chi connectivity index (χ4n) is 1.96. The van der Waals surface area contributed by atoms with Crippen LogP contribution < -0.4 is 0 Å². The summed E-state index contributed by atoms with van der Waals surface area (Å²) in [5.74, 6) is 0.0138. The first-order valence-electron chi connectivity index (χ1n) is 5.44. The topological polar surface area (TPSA) is 46.0 Å². The van der Waals surface area contributed by atoms with Crippen molar-refractivity contribution in [2.75, 3.05) is 0 Å². The Morgan fingerprint density at radius 1 is 1.11 bits per heavy atom. The maximum atomic E-state index is 9.92. The molecule has 88 valence electrons. The van der Waals surface area contributed by atoms with E-state index in [0.717, 1.165) is 16.5 Å². The Balaban J connectivity index is 2.40. The highest BCUT2D eigenvalue weighted by molar-refractivity contribution is 6.33. The van der Waals surface area contributed by atoms with E-state index in [1.165, 1.54) is 0 Å². The lowest BCUT2D eigenvalue weighted by Gasteiger charge is -2.08. The van der Waals surface area contributed by atoms with E-state index in [4.69, 9.17) is 11.6 Å². The zero-order valence-corrected chi connectivity index (χ0v) is 10.1. The number of fused-ring (bicyclic) bond motifs is 1. The lowest BCUT2D eigenvalue weighted by Crippen LogP contribution is -1.86. The molecule has 18 heavy (non-hydrogen) atoms. The number of aromatic hydroxyl groups is 1. The zero-order chi connectivity index (χ0) is 12.5. The SMILES string of the molecule is Oc1c(Cl)cc(-c2cccnc2)c2cccnc12. The Morgan fingerprint density at radius 2 is 1.94 bits per heavy atom. The van der Waals surface area contributed by atoms with Crippen molar-refractivity contribution in [3.05, 3.63) is 53.9 Å². The Hall–Kier alpha value is -2.13. The summed E-state index contributed by atoms with van der Waals surface area (Å²) in [5.41, 5.74) is 2.36. The molecule has 1 N–H and O–H groups in total. The second-order valence-corrected chi connectivity index (χ2v) is 4.30. The summed E-state index contributed by atoms with van der Waals surface area (Å²) in [7, 11) is 0. The van der Waals surface area contributed by atoms with Gasteiger partial charge in [0.25, 0.3) is 0 Å². The van der Waals surface area contributed by atoms with Crippen LogP contribution in [0.5, 0.6) is 5.75 Å². The molecule has 2 heterocycles. The third-order valence-corrected chi connectivity index (χ3v) is 3.08. The highest BCUT2D eigenvalue weighted by Crippen LogP contribution is 2.37. The van der Waals surface area contributed by atoms with Crippen molar-refractivity contribution in [3.63, 3.8) is 0 Å². The molecular formula is C14H9ClN2O. The van der Waals surface area contributed by atoms with Crippen LogP contribution >= 0.6 is 11.6 Å². The number of phenolic OH excluding ortho intramolecular Hbond substituents is 1. The quantitative estimate of drug-likeness (QED) is 0.723. The van der Waals surface area contributed by atoms with Crippen molar-refractivity contribution in [2.45, 2.75) is 0 Å². The number of benzene rings is 1. The summed E-state index contributed by atoms with van der Waals surface area (Å²) in [5, 5.41) is 11.1. The molecule has 0 aliphatic rings.